The molecule has 122 valence electrons. The van der Waals surface area contributed by atoms with Gasteiger partial charge in [-0.25, -0.2) is 4.79 Å². The van der Waals surface area contributed by atoms with Gasteiger partial charge < -0.3 is 15.4 Å². The third kappa shape index (κ3) is 4.10. The second kappa shape index (κ2) is 7.43. The number of urea groups is 1. The molecule has 0 aromatic heterocycles. The first kappa shape index (κ1) is 16.4. The number of carbonyl (C=O) groups is 1. The summed E-state index contributed by atoms with van der Waals surface area (Å²) in [5.41, 5.74) is 0.704. The first-order valence-corrected chi connectivity index (χ1v) is 7.99. The Morgan fingerprint density at radius 1 is 0.958 bits per heavy atom. The van der Waals surface area contributed by atoms with Crippen LogP contribution in [0.15, 0.2) is 60.7 Å². The second-order valence-electron chi connectivity index (χ2n) is 5.06. The van der Waals surface area contributed by atoms with Gasteiger partial charge in [0.25, 0.3) is 0 Å². The van der Waals surface area contributed by atoms with Crippen LogP contribution >= 0.6 is 23.2 Å². The van der Waals surface area contributed by atoms with E-state index in [1.807, 2.05) is 42.5 Å². The SMILES string of the molecule is O=C(NCOc1ccc(Cl)cc1Cl)Nc1ccc2ccccc2c1. The topological polar surface area (TPSA) is 50.4 Å². The number of carbonyl (C=O) groups excluding carboxylic acids is 1. The van der Waals surface area contributed by atoms with Crippen molar-refractivity contribution in [3.05, 3.63) is 70.7 Å². The first-order chi connectivity index (χ1) is 11.6. The van der Waals surface area contributed by atoms with E-state index < -0.39 is 0 Å². The molecule has 0 spiro atoms. The first-order valence-electron chi connectivity index (χ1n) is 7.23. The Bertz CT molecular complexity index is 884. The molecule has 3 rings (SSSR count). The highest BCUT2D eigenvalue weighted by molar-refractivity contribution is 6.35. The monoisotopic (exact) mass is 360 g/mol. The second-order valence-corrected chi connectivity index (χ2v) is 5.90. The molecule has 0 radical (unpaired) electrons. The fourth-order valence-electron chi connectivity index (χ4n) is 2.21. The highest BCUT2D eigenvalue weighted by Crippen LogP contribution is 2.27. The summed E-state index contributed by atoms with van der Waals surface area (Å²) < 4.78 is 5.41. The molecule has 0 atom stereocenters. The van der Waals surface area contributed by atoms with E-state index in [-0.39, 0.29) is 12.8 Å². The minimum absolute atomic E-state index is 0.0131. The van der Waals surface area contributed by atoms with Crippen molar-refractivity contribution < 1.29 is 9.53 Å². The minimum Gasteiger partial charge on any atom is -0.472 e. The molecule has 0 heterocycles. The van der Waals surface area contributed by atoms with Gasteiger partial charge in [-0.3, -0.25) is 0 Å². The van der Waals surface area contributed by atoms with E-state index in [4.69, 9.17) is 27.9 Å². The van der Waals surface area contributed by atoms with Crippen molar-refractivity contribution >= 4 is 45.7 Å². The van der Waals surface area contributed by atoms with E-state index in [2.05, 4.69) is 10.6 Å². The molecule has 24 heavy (non-hydrogen) atoms. The van der Waals surface area contributed by atoms with Crippen LogP contribution in [0, 0.1) is 0 Å². The third-order valence-corrected chi connectivity index (χ3v) is 3.89. The predicted molar refractivity (Wildman–Crippen MR) is 98.1 cm³/mol. The van der Waals surface area contributed by atoms with E-state index in [1.54, 1.807) is 18.2 Å². The maximum Gasteiger partial charge on any atom is 0.321 e. The number of benzene rings is 3. The van der Waals surface area contributed by atoms with Crippen LogP contribution in [0.4, 0.5) is 10.5 Å². The van der Waals surface area contributed by atoms with Crippen molar-refractivity contribution in [1.29, 1.82) is 0 Å². The minimum atomic E-state index is -0.365. The van der Waals surface area contributed by atoms with Crippen LogP contribution in [0.5, 0.6) is 5.75 Å². The number of fused-ring (bicyclic) bond motifs is 1. The molecular formula is C18H14Cl2N2O2. The highest BCUT2D eigenvalue weighted by Gasteiger charge is 2.05. The lowest BCUT2D eigenvalue weighted by Crippen LogP contribution is -2.32. The molecule has 6 heteroatoms. The number of hydrogen-bond donors (Lipinski definition) is 2. The summed E-state index contributed by atoms with van der Waals surface area (Å²) in [5.74, 6) is 0.451. The van der Waals surface area contributed by atoms with Gasteiger partial charge in [-0.15, -0.1) is 0 Å². The Morgan fingerprint density at radius 2 is 1.75 bits per heavy atom. The molecular weight excluding hydrogens is 347 g/mol. The van der Waals surface area contributed by atoms with Crippen molar-refractivity contribution in [2.45, 2.75) is 0 Å². The van der Waals surface area contributed by atoms with Crippen LogP contribution in [0.3, 0.4) is 0 Å². The van der Waals surface area contributed by atoms with E-state index in [9.17, 15) is 4.79 Å². The molecule has 0 aliphatic rings. The Kier molecular flexibility index (Phi) is 5.08. The van der Waals surface area contributed by atoms with Gasteiger partial charge in [0, 0.05) is 10.7 Å². The lowest BCUT2D eigenvalue weighted by molar-refractivity contribution is 0.234. The van der Waals surface area contributed by atoms with Gasteiger partial charge in [0.2, 0.25) is 0 Å². The van der Waals surface area contributed by atoms with Crippen molar-refractivity contribution in [1.82, 2.24) is 5.32 Å². The summed E-state index contributed by atoms with van der Waals surface area (Å²) >= 11 is 11.8. The number of halogens is 2. The highest BCUT2D eigenvalue weighted by atomic mass is 35.5. The fourth-order valence-corrected chi connectivity index (χ4v) is 2.68. The zero-order chi connectivity index (χ0) is 16.9. The van der Waals surface area contributed by atoms with E-state index in [1.165, 1.54) is 0 Å². The van der Waals surface area contributed by atoms with Crippen molar-refractivity contribution in [2.24, 2.45) is 0 Å². The lowest BCUT2D eigenvalue weighted by atomic mass is 10.1. The van der Waals surface area contributed by atoms with Crippen molar-refractivity contribution in [3.8, 4) is 5.75 Å². The molecule has 0 bridgehead atoms. The van der Waals surface area contributed by atoms with E-state index in [0.29, 0.717) is 21.5 Å². The van der Waals surface area contributed by atoms with Crippen LogP contribution in [-0.4, -0.2) is 12.8 Å². The third-order valence-electron chi connectivity index (χ3n) is 3.36. The number of ether oxygens (including phenoxy) is 1. The Morgan fingerprint density at radius 3 is 2.54 bits per heavy atom. The number of rotatable bonds is 4. The number of hydrogen-bond acceptors (Lipinski definition) is 2. The largest absolute Gasteiger partial charge is 0.472 e. The molecule has 3 aromatic carbocycles. The van der Waals surface area contributed by atoms with E-state index in [0.717, 1.165) is 10.8 Å². The zero-order valence-corrected chi connectivity index (χ0v) is 14.1. The van der Waals surface area contributed by atoms with Crippen LogP contribution in [0.25, 0.3) is 10.8 Å². The molecule has 3 aromatic rings. The quantitative estimate of drug-likeness (QED) is 0.619. The van der Waals surface area contributed by atoms with Gasteiger partial charge in [0.05, 0.1) is 5.02 Å². The summed E-state index contributed by atoms with van der Waals surface area (Å²) in [5, 5.41) is 8.45. The van der Waals surface area contributed by atoms with Gasteiger partial charge in [-0.05, 0) is 41.1 Å². The molecule has 2 N–H and O–H groups in total. The zero-order valence-electron chi connectivity index (χ0n) is 12.6. The average Bonchev–Trinajstić information content (AvgIpc) is 2.57. The normalized spacial score (nSPS) is 10.4. The lowest BCUT2D eigenvalue weighted by Gasteiger charge is -2.11. The smallest absolute Gasteiger partial charge is 0.321 e. The Balaban J connectivity index is 1.55. The predicted octanol–water partition coefficient (Wildman–Crippen LogP) is 5.30. The van der Waals surface area contributed by atoms with Gasteiger partial charge in [0.1, 0.15) is 5.75 Å². The maximum atomic E-state index is 11.9. The number of anilines is 1. The fraction of sp³-hybridized carbons (Fsp3) is 0.0556. The maximum absolute atomic E-state index is 11.9. The average molecular weight is 361 g/mol. The Labute approximate surface area is 149 Å². The Hall–Kier alpha value is -2.43. The van der Waals surface area contributed by atoms with Gasteiger partial charge in [-0.2, -0.15) is 0 Å². The molecule has 0 fully saturated rings. The molecule has 4 nitrogen and oxygen atoms in total. The summed E-state index contributed by atoms with van der Waals surface area (Å²) in [6.07, 6.45) is 0. The van der Waals surface area contributed by atoms with Crippen molar-refractivity contribution in [2.75, 3.05) is 12.0 Å². The molecule has 0 aliphatic heterocycles. The van der Waals surface area contributed by atoms with Crippen molar-refractivity contribution in [3.63, 3.8) is 0 Å². The van der Waals surface area contributed by atoms with Crippen LogP contribution in [-0.2, 0) is 0 Å². The molecule has 2 amide bonds. The molecule has 0 unspecified atom stereocenters. The number of nitrogens with one attached hydrogen (secondary N) is 2. The summed E-state index contributed by atoms with van der Waals surface area (Å²) in [6.45, 7) is -0.0131. The molecule has 0 aliphatic carbocycles. The molecule has 0 saturated carbocycles. The van der Waals surface area contributed by atoms with Gasteiger partial charge >= 0.3 is 6.03 Å². The van der Waals surface area contributed by atoms with Crippen LogP contribution in [0.1, 0.15) is 0 Å². The summed E-state index contributed by atoms with van der Waals surface area (Å²) in [4.78, 5) is 11.9. The van der Waals surface area contributed by atoms with E-state index >= 15 is 0 Å². The van der Waals surface area contributed by atoms with Crippen LogP contribution < -0.4 is 15.4 Å². The standard InChI is InChI=1S/C18H14Cl2N2O2/c19-14-6-8-17(16(20)10-14)24-11-21-18(23)22-15-7-5-12-3-1-2-4-13(12)9-15/h1-10H,11H2,(H2,21,22,23). The molecule has 0 saturated heterocycles. The van der Waals surface area contributed by atoms with Gasteiger partial charge in [-0.1, -0.05) is 53.5 Å². The summed E-state index contributed by atoms with van der Waals surface area (Å²) in [6, 6.07) is 18.2. The van der Waals surface area contributed by atoms with Crippen LogP contribution in [0.2, 0.25) is 10.0 Å². The number of amides is 2. The summed E-state index contributed by atoms with van der Waals surface area (Å²) in [7, 11) is 0. The van der Waals surface area contributed by atoms with Gasteiger partial charge in [0.15, 0.2) is 6.73 Å².